The minimum absolute atomic E-state index is 0.106. The molecule has 3 nitrogen and oxygen atoms in total. The second-order valence-corrected chi connectivity index (χ2v) is 3.64. The fraction of sp³-hybridized carbons (Fsp3) is 0.143. The summed E-state index contributed by atoms with van der Waals surface area (Å²) in [7, 11) is 0. The smallest absolute Gasteiger partial charge is 0.586 e. The van der Waals surface area contributed by atoms with Crippen molar-refractivity contribution in [1.82, 2.24) is 0 Å². The number of benzene rings is 1. The summed E-state index contributed by atoms with van der Waals surface area (Å²) < 4.78 is 47.8. The second-order valence-electron chi connectivity index (χ2n) is 2.44. The van der Waals surface area contributed by atoms with E-state index >= 15 is 0 Å². The van der Waals surface area contributed by atoms with Gasteiger partial charge in [0.2, 0.25) is 0 Å². The number of hydrogen-bond donors (Lipinski definition) is 2. The van der Waals surface area contributed by atoms with Crippen LogP contribution in [0, 0.1) is 0 Å². The Kier molecular flexibility index (Phi) is 3.12. The van der Waals surface area contributed by atoms with Crippen molar-refractivity contribution in [3.63, 3.8) is 0 Å². The average molecular weight is 224 g/mol. The minimum Gasteiger partial charge on any atom is -0.586 e. The zero-order valence-corrected chi connectivity index (χ0v) is 7.65. The molecule has 0 radical (unpaired) electrons. The van der Waals surface area contributed by atoms with E-state index in [1.807, 2.05) is 0 Å². The van der Waals surface area contributed by atoms with Crippen molar-refractivity contribution in [3.05, 3.63) is 24.3 Å². The predicted molar refractivity (Wildman–Crippen MR) is 48.7 cm³/mol. The van der Waals surface area contributed by atoms with Gasteiger partial charge in [-0.3, -0.25) is 0 Å². The van der Waals surface area contributed by atoms with Crippen molar-refractivity contribution in [2.24, 2.45) is 0 Å². The summed E-state index contributed by atoms with van der Waals surface area (Å²) in [5.41, 5.74) is 1.09. The van der Waals surface area contributed by atoms with Gasteiger partial charge in [0.25, 0.3) is 0 Å². The van der Waals surface area contributed by atoms with Gasteiger partial charge < -0.3 is 10.3 Å². The van der Waals surface area contributed by atoms with Gasteiger partial charge in [0.15, 0.2) is 11.4 Å². The summed E-state index contributed by atoms with van der Waals surface area (Å²) in [4.78, 5) is 0. The molecule has 0 aliphatic rings. The highest BCUT2D eigenvalue weighted by Crippen LogP contribution is 2.25. The Morgan fingerprint density at radius 3 is 2.14 bits per heavy atom. The SMILES string of the molecule is Nc1ccc(N[S+]([O-])C(F)(F)F)cc1. The molecule has 0 spiro atoms. The number of rotatable bonds is 2. The van der Waals surface area contributed by atoms with E-state index in [-0.39, 0.29) is 5.69 Å². The lowest BCUT2D eigenvalue weighted by atomic mass is 10.3. The van der Waals surface area contributed by atoms with Crippen LogP contribution in [0.5, 0.6) is 0 Å². The van der Waals surface area contributed by atoms with Crippen molar-refractivity contribution < 1.29 is 17.7 Å². The molecule has 0 saturated heterocycles. The molecule has 0 saturated carbocycles. The van der Waals surface area contributed by atoms with E-state index in [4.69, 9.17) is 5.73 Å². The van der Waals surface area contributed by atoms with Gasteiger partial charge in [-0.2, -0.15) is 0 Å². The largest absolute Gasteiger partial charge is 0.598 e. The topological polar surface area (TPSA) is 61.1 Å². The Bertz CT molecular complexity index is 301. The molecule has 0 fully saturated rings. The monoisotopic (exact) mass is 224 g/mol. The van der Waals surface area contributed by atoms with E-state index in [1.165, 1.54) is 24.3 Å². The minimum atomic E-state index is -4.76. The molecule has 3 N–H and O–H groups in total. The molecule has 78 valence electrons. The molecule has 0 amide bonds. The first-order chi connectivity index (χ1) is 6.39. The van der Waals surface area contributed by atoms with Crippen molar-refractivity contribution >= 4 is 22.7 Å². The molecule has 0 bridgehead atoms. The lowest BCUT2D eigenvalue weighted by Crippen LogP contribution is -2.29. The van der Waals surface area contributed by atoms with Crippen LogP contribution < -0.4 is 10.5 Å². The molecule has 0 heterocycles. The number of anilines is 2. The van der Waals surface area contributed by atoms with Crippen molar-refractivity contribution in [1.29, 1.82) is 0 Å². The molecule has 0 aromatic heterocycles. The average Bonchev–Trinajstić information content (AvgIpc) is 2.07. The zero-order chi connectivity index (χ0) is 10.8. The lowest BCUT2D eigenvalue weighted by Gasteiger charge is -2.12. The van der Waals surface area contributed by atoms with Crippen LogP contribution in [0.3, 0.4) is 0 Å². The summed E-state index contributed by atoms with van der Waals surface area (Å²) in [6.45, 7) is 0. The third kappa shape index (κ3) is 3.00. The summed E-state index contributed by atoms with van der Waals surface area (Å²) in [6.07, 6.45) is 0. The second kappa shape index (κ2) is 3.97. The van der Waals surface area contributed by atoms with Crippen LogP contribution in [-0.4, -0.2) is 10.1 Å². The Labute approximate surface area is 81.4 Å². The Balaban J connectivity index is 2.65. The lowest BCUT2D eigenvalue weighted by molar-refractivity contribution is -0.0428. The molecular weight excluding hydrogens is 217 g/mol. The molecule has 1 atom stereocenters. The van der Waals surface area contributed by atoms with Crippen LogP contribution in [0.4, 0.5) is 24.5 Å². The van der Waals surface area contributed by atoms with E-state index < -0.39 is 16.9 Å². The fourth-order valence-corrected chi connectivity index (χ4v) is 1.18. The molecule has 14 heavy (non-hydrogen) atoms. The van der Waals surface area contributed by atoms with E-state index in [9.17, 15) is 17.7 Å². The third-order valence-corrected chi connectivity index (χ3v) is 2.17. The van der Waals surface area contributed by atoms with Crippen LogP contribution in [0.1, 0.15) is 0 Å². The summed E-state index contributed by atoms with van der Waals surface area (Å²) in [5, 5.41) is 0. The van der Waals surface area contributed by atoms with E-state index in [1.54, 1.807) is 4.72 Å². The maximum absolute atomic E-state index is 11.8. The van der Waals surface area contributed by atoms with Gasteiger partial charge >= 0.3 is 5.51 Å². The molecule has 7 heteroatoms. The highest BCUT2D eigenvalue weighted by Gasteiger charge is 2.45. The molecule has 1 aromatic rings. The molecule has 1 unspecified atom stereocenters. The number of hydrogen-bond acceptors (Lipinski definition) is 3. The molecule has 1 rings (SSSR count). The van der Waals surface area contributed by atoms with E-state index in [2.05, 4.69) is 0 Å². The number of nitrogens with one attached hydrogen (secondary N) is 1. The predicted octanol–water partition coefficient (Wildman–Crippen LogP) is 1.86. The maximum Gasteiger partial charge on any atom is 0.598 e. The summed E-state index contributed by atoms with van der Waals surface area (Å²) >= 11 is -3.09. The number of alkyl halides is 3. The normalized spacial score (nSPS) is 13.7. The standard InChI is InChI=1S/C7H7F3N2OS/c8-7(9,10)14(13)12-6-3-1-5(11)2-4-6/h1-4,12H,11H2. The van der Waals surface area contributed by atoms with Crippen LogP contribution >= 0.6 is 0 Å². The van der Waals surface area contributed by atoms with Gasteiger partial charge in [-0.25, -0.2) is 4.72 Å². The first-order valence-corrected chi connectivity index (χ1v) is 4.65. The van der Waals surface area contributed by atoms with Gasteiger partial charge in [0.05, 0.1) is 5.69 Å². The first-order valence-electron chi connectivity index (χ1n) is 3.50. The number of halogens is 3. The molecule has 1 aromatic carbocycles. The van der Waals surface area contributed by atoms with Gasteiger partial charge in [0.1, 0.15) is 0 Å². The van der Waals surface area contributed by atoms with Crippen molar-refractivity contribution in [2.45, 2.75) is 5.51 Å². The van der Waals surface area contributed by atoms with Gasteiger partial charge in [-0.05, 0) is 24.3 Å². The maximum atomic E-state index is 11.8. The Morgan fingerprint density at radius 1 is 1.21 bits per heavy atom. The Morgan fingerprint density at radius 2 is 1.71 bits per heavy atom. The highest BCUT2D eigenvalue weighted by molar-refractivity contribution is 7.93. The van der Waals surface area contributed by atoms with Crippen LogP contribution in [0.25, 0.3) is 0 Å². The van der Waals surface area contributed by atoms with Crippen LogP contribution in [-0.2, 0) is 11.4 Å². The van der Waals surface area contributed by atoms with E-state index in [0.717, 1.165) is 0 Å². The molecular formula is C7H7F3N2OS. The molecule has 0 aliphatic carbocycles. The van der Waals surface area contributed by atoms with Gasteiger partial charge in [-0.15, -0.1) is 13.2 Å². The van der Waals surface area contributed by atoms with Crippen molar-refractivity contribution in [2.75, 3.05) is 10.5 Å². The van der Waals surface area contributed by atoms with Crippen molar-refractivity contribution in [3.8, 4) is 0 Å². The summed E-state index contributed by atoms with van der Waals surface area (Å²) in [6, 6.07) is 5.46. The number of nitrogens with two attached hydrogens (primary N) is 1. The number of nitrogen functional groups attached to an aromatic ring is 1. The van der Waals surface area contributed by atoms with E-state index in [0.29, 0.717) is 5.69 Å². The van der Waals surface area contributed by atoms with Gasteiger partial charge in [0, 0.05) is 5.69 Å². The Hall–Kier alpha value is -1.08. The summed E-state index contributed by atoms with van der Waals surface area (Å²) in [5.74, 6) is 0. The highest BCUT2D eigenvalue weighted by atomic mass is 32.2. The van der Waals surface area contributed by atoms with Gasteiger partial charge in [-0.1, -0.05) is 0 Å². The fourth-order valence-electron chi connectivity index (χ4n) is 0.716. The molecule has 0 aliphatic heterocycles. The quantitative estimate of drug-likeness (QED) is 0.595. The van der Waals surface area contributed by atoms with Crippen LogP contribution in [0.2, 0.25) is 0 Å². The third-order valence-electron chi connectivity index (χ3n) is 1.33. The zero-order valence-electron chi connectivity index (χ0n) is 6.84. The van der Waals surface area contributed by atoms with Crippen LogP contribution in [0.15, 0.2) is 24.3 Å². The first kappa shape index (κ1) is 11.0.